The second kappa shape index (κ2) is 7.19. The molecule has 1 heterocycles. The standard InChI is InChI=1S/C14H24N2O2/c1-4-7-10-16-12(9-6-3)13(17)15-11(8-5-2)14(16)18/h4,7,11-12H,5-6,8-10H2,1-3H3,(H,15,17)/b7-4+. The SMILES string of the molecule is C/C=C/CN1C(=O)C(CCC)NC(=O)C1CCC. The molecule has 1 rings (SSSR count). The number of allylic oxidation sites excluding steroid dienone is 1. The molecule has 102 valence electrons. The second-order valence-electron chi connectivity index (χ2n) is 4.71. The number of carbonyl (C=O) groups excluding carboxylic acids is 2. The molecule has 0 aromatic carbocycles. The molecule has 2 unspecified atom stereocenters. The van der Waals surface area contributed by atoms with Crippen LogP contribution in [0, 0.1) is 0 Å². The van der Waals surface area contributed by atoms with Crippen LogP contribution in [0.4, 0.5) is 0 Å². The number of amides is 2. The molecule has 0 saturated carbocycles. The van der Waals surface area contributed by atoms with Crippen molar-refractivity contribution in [2.24, 2.45) is 0 Å². The molecule has 0 aromatic rings. The number of rotatable bonds is 6. The van der Waals surface area contributed by atoms with Gasteiger partial charge in [-0.3, -0.25) is 9.59 Å². The van der Waals surface area contributed by atoms with E-state index >= 15 is 0 Å². The first kappa shape index (κ1) is 14.7. The molecule has 0 radical (unpaired) electrons. The number of hydrogen-bond donors (Lipinski definition) is 1. The van der Waals surface area contributed by atoms with Crippen LogP contribution in [0.3, 0.4) is 0 Å². The molecule has 4 nitrogen and oxygen atoms in total. The molecule has 1 fully saturated rings. The van der Waals surface area contributed by atoms with E-state index in [9.17, 15) is 9.59 Å². The number of piperazine rings is 1. The van der Waals surface area contributed by atoms with Crippen molar-refractivity contribution in [1.29, 1.82) is 0 Å². The van der Waals surface area contributed by atoms with Crippen LogP contribution >= 0.6 is 0 Å². The number of carbonyl (C=O) groups is 2. The van der Waals surface area contributed by atoms with Crippen LogP contribution in [-0.2, 0) is 9.59 Å². The minimum atomic E-state index is -0.333. The van der Waals surface area contributed by atoms with Crippen molar-refractivity contribution in [1.82, 2.24) is 10.2 Å². The van der Waals surface area contributed by atoms with Crippen LogP contribution in [0.25, 0.3) is 0 Å². The molecule has 1 aliphatic rings. The van der Waals surface area contributed by atoms with Crippen molar-refractivity contribution in [3.05, 3.63) is 12.2 Å². The van der Waals surface area contributed by atoms with Crippen molar-refractivity contribution in [2.75, 3.05) is 6.54 Å². The maximum absolute atomic E-state index is 12.3. The summed E-state index contributed by atoms with van der Waals surface area (Å²) < 4.78 is 0. The van der Waals surface area contributed by atoms with Crippen LogP contribution in [0.1, 0.15) is 46.5 Å². The van der Waals surface area contributed by atoms with E-state index in [1.165, 1.54) is 0 Å². The summed E-state index contributed by atoms with van der Waals surface area (Å²) in [6, 6.07) is -0.632. The van der Waals surface area contributed by atoms with Crippen molar-refractivity contribution < 1.29 is 9.59 Å². The first-order chi connectivity index (χ1) is 8.65. The van der Waals surface area contributed by atoms with E-state index in [0.29, 0.717) is 6.54 Å². The van der Waals surface area contributed by atoms with E-state index in [-0.39, 0.29) is 23.9 Å². The summed E-state index contributed by atoms with van der Waals surface area (Å²) in [5.41, 5.74) is 0. The van der Waals surface area contributed by atoms with E-state index in [1.807, 2.05) is 32.9 Å². The summed E-state index contributed by atoms with van der Waals surface area (Å²) in [6.45, 7) is 6.51. The van der Waals surface area contributed by atoms with E-state index in [1.54, 1.807) is 4.90 Å². The Hall–Kier alpha value is -1.32. The molecule has 1 N–H and O–H groups in total. The zero-order valence-corrected chi connectivity index (χ0v) is 11.6. The van der Waals surface area contributed by atoms with Gasteiger partial charge in [0.05, 0.1) is 0 Å². The Morgan fingerprint density at radius 1 is 1.22 bits per heavy atom. The minimum Gasteiger partial charge on any atom is -0.343 e. The molecular formula is C14H24N2O2. The Morgan fingerprint density at radius 2 is 1.89 bits per heavy atom. The van der Waals surface area contributed by atoms with E-state index in [2.05, 4.69) is 5.32 Å². The molecule has 0 bridgehead atoms. The highest BCUT2D eigenvalue weighted by Gasteiger charge is 2.38. The molecule has 0 aromatic heterocycles. The highest BCUT2D eigenvalue weighted by Crippen LogP contribution is 2.17. The third-order valence-corrected chi connectivity index (χ3v) is 3.25. The molecule has 18 heavy (non-hydrogen) atoms. The van der Waals surface area contributed by atoms with Gasteiger partial charge in [0.25, 0.3) is 0 Å². The van der Waals surface area contributed by atoms with Gasteiger partial charge in [-0.2, -0.15) is 0 Å². The maximum Gasteiger partial charge on any atom is 0.246 e. The smallest absolute Gasteiger partial charge is 0.246 e. The normalized spacial score (nSPS) is 24.7. The summed E-state index contributed by atoms with van der Waals surface area (Å²) in [5, 5.41) is 2.85. The van der Waals surface area contributed by atoms with Crippen molar-refractivity contribution in [3.63, 3.8) is 0 Å². The van der Waals surface area contributed by atoms with Gasteiger partial charge in [0.1, 0.15) is 12.1 Å². The molecule has 2 atom stereocenters. The summed E-state index contributed by atoms with van der Waals surface area (Å²) in [4.78, 5) is 26.1. The Kier molecular flexibility index (Phi) is 5.89. The van der Waals surface area contributed by atoms with E-state index < -0.39 is 0 Å². The average molecular weight is 252 g/mol. The Bertz CT molecular complexity index is 326. The number of hydrogen-bond acceptors (Lipinski definition) is 2. The molecule has 1 aliphatic heterocycles. The van der Waals surface area contributed by atoms with E-state index in [4.69, 9.17) is 0 Å². The van der Waals surface area contributed by atoms with Crippen molar-refractivity contribution in [2.45, 2.75) is 58.5 Å². The van der Waals surface area contributed by atoms with Gasteiger partial charge in [-0.1, -0.05) is 38.8 Å². The van der Waals surface area contributed by atoms with Crippen molar-refractivity contribution in [3.8, 4) is 0 Å². The van der Waals surface area contributed by atoms with Crippen LogP contribution in [0.2, 0.25) is 0 Å². The fourth-order valence-corrected chi connectivity index (χ4v) is 2.31. The molecule has 2 amide bonds. The fourth-order valence-electron chi connectivity index (χ4n) is 2.31. The predicted octanol–water partition coefficient (Wildman–Crippen LogP) is 1.86. The zero-order chi connectivity index (χ0) is 13.5. The van der Waals surface area contributed by atoms with Crippen LogP contribution < -0.4 is 5.32 Å². The van der Waals surface area contributed by atoms with Gasteiger partial charge in [0, 0.05) is 6.54 Å². The number of nitrogens with zero attached hydrogens (tertiary/aromatic N) is 1. The Balaban J connectivity index is 2.85. The molecule has 4 heteroatoms. The molecular weight excluding hydrogens is 228 g/mol. The topological polar surface area (TPSA) is 49.4 Å². The fraction of sp³-hybridized carbons (Fsp3) is 0.714. The van der Waals surface area contributed by atoms with Gasteiger partial charge < -0.3 is 10.2 Å². The highest BCUT2D eigenvalue weighted by atomic mass is 16.2. The molecule has 1 saturated heterocycles. The lowest BCUT2D eigenvalue weighted by Gasteiger charge is -2.38. The minimum absolute atomic E-state index is 0.000553. The second-order valence-corrected chi connectivity index (χ2v) is 4.71. The van der Waals surface area contributed by atoms with Crippen LogP contribution in [0.5, 0.6) is 0 Å². The third-order valence-electron chi connectivity index (χ3n) is 3.25. The molecule has 0 aliphatic carbocycles. The van der Waals surface area contributed by atoms with Gasteiger partial charge in [-0.15, -0.1) is 0 Å². The zero-order valence-electron chi connectivity index (χ0n) is 11.6. The van der Waals surface area contributed by atoms with Gasteiger partial charge in [0.15, 0.2) is 0 Å². The van der Waals surface area contributed by atoms with Gasteiger partial charge in [0.2, 0.25) is 11.8 Å². The van der Waals surface area contributed by atoms with Gasteiger partial charge in [-0.25, -0.2) is 0 Å². The first-order valence-corrected chi connectivity index (χ1v) is 6.87. The van der Waals surface area contributed by atoms with Gasteiger partial charge >= 0.3 is 0 Å². The Morgan fingerprint density at radius 3 is 2.44 bits per heavy atom. The average Bonchev–Trinajstić information content (AvgIpc) is 2.35. The quantitative estimate of drug-likeness (QED) is 0.734. The maximum atomic E-state index is 12.3. The summed E-state index contributed by atoms with van der Waals surface area (Å²) in [5.74, 6) is 0.0624. The summed E-state index contributed by atoms with van der Waals surface area (Å²) in [6.07, 6.45) is 7.09. The largest absolute Gasteiger partial charge is 0.343 e. The van der Waals surface area contributed by atoms with Crippen LogP contribution in [0.15, 0.2) is 12.2 Å². The molecule has 0 spiro atoms. The monoisotopic (exact) mass is 252 g/mol. The summed E-state index contributed by atoms with van der Waals surface area (Å²) in [7, 11) is 0. The Labute approximate surface area is 109 Å². The van der Waals surface area contributed by atoms with E-state index in [0.717, 1.165) is 25.7 Å². The lowest BCUT2D eigenvalue weighted by atomic mass is 10.0. The first-order valence-electron chi connectivity index (χ1n) is 6.87. The van der Waals surface area contributed by atoms with Crippen LogP contribution in [-0.4, -0.2) is 35.3 Å². The number of nitrogens with one attached hydrogen (secondary N) is 1. The van der Waals surface area contributed by atoms with Crippen molar-refractivity contribution >= 4 is 11.8 Å². The summed E-state index contributed by atoms with van der Waals surface area (Å²) >= 11 is 0. The third kappa shape index (κ3) is 3.34. The van der Waals surface area contributed by atoms with Gasteiger partial charge in [-0.05, 0) is 19.8 Å². The lowest BCUT2D eigenvalue weighted by molar-refractivity contribution is -0.149. The highest BCUT2D eigenvalue weighted by molar-refractivity contribution is 5.97. The predicted molar refractivity (Wildman–Crippen MR) is 72.1 cm³/mol. The lowest BCUT2D eigenvalue weighted by Crippen LogP contribution is -2.63.